The molecule has 10 N–H and O–H groups in total. The third kappa shape index (κ3) is 11.2. The van der Waals surface area contributed by atoms with Gasteiger partial charge in [0.1, 0.15) is 23.9 Å². The van der Waals surface area contributed by atoms with E-state index in [1.54, 1.807) is 12.1 Å². The summed E-state index contributed by atoms with van der Waals surface area (Å²) in [4.78, 5) is 49.8. The number of benzene rings is 1. The number of carbonyl (C=O) groups is 4. The predicted molar refractivity (Wildman–Crippen MR) is 136 cm³/mol. The number of nitrogens with one attached hydrogen (secondary N) is 3. The van der Waals surface area contributed by atoms with Gasteiger partial charge in [0.05, 0.1) is 12.6 Å². The molecule has 0 saturated heterocycles. The maximum Gasteiger partial charge on any atom is 0.328 e. The molecule has 36 heavy (non-hydrogen) atoms. The molecule has 0 saturated carbocycles. The maximum atomic E-state index is 13.2. The normalized spacial score (nSPS) is 14.2. The highest BCUT2D eigenvalue weighted by atomic mass is 32.2. The van der Waals surface area contributed by atoms with Crippen LogP contribution >= 0.6 is 11.8 Å². The van der Waals surface area contributed by atoms with Crippen molar-refractivity contribution >= 4 is 35.5 Å². The van der Waals surface area contributed by atoms with E-state index in [0.717, 1.165) is 0 Å². The molecule has 0 bridgehead atoms. The fourth-order valence-electron chi connectivity index (χ4n) is 3.22. The van der Waals surface area contributed by atoms with Crippen molar-refractivity contribution in [2.24, 2.45) is 11.5 Å². The molecule has 0 aromatic heterocycles. The van der Waals surface area contributed by atoms with Gasteiger partial charge in [0.2, 0.25) is 17.7 Å². The molecule has 202 valence electrons. The standard InChI is InChI=1S/C23H37N5O7S/c1-36-11-9-16(25)20(31)27-18(12-14-5-7-15(30)8-6-14)22(33)26-17(4-2-3-10-24)21(32)28-19(13-29)23(34)35/h5-8,16-19,29-30H,2-4,9-13,24-25H2,1H3,(H,26,33)(H,27,31)(H,28,32)(H,34,35). The van der Waals surface area contributed by atoms with Gasteiger partial charge in [-0.05, 0) is 61.9 Å². The second-order valence-corrected chi connectivity index (χ2v) is 9.23. The van der Waals surface area contributed by atoms with Gasteiger partial charge in [0.15, 0.2) is 0 Å². The number of hydrogen-bond acceptors (Lipinski definition) is 9. The lowest BCUT2D eigenvalue weighted by Crippen LogP contribution is -2.58. The summed E-state index contributed by atoms with van der Waals surface area (Å²) < 4.78 is 0. The first-order chi connectivity index (χ1) is 17.1. The molecule has 0 spiro atoms. The second kappa shape index (κ2) is 16.7. The summed E-state index contributed by atoms with van der Waals surface area (Å²) >= 11 is 1.53. The Balaban J connectivity index is 3.08. The minimum atomic E-state index is -1.53. The van der Waals surface area contributed by atoms with E-state index < -0.39 is 54.5 Å². The van der Waals surface area contributed by atoms with Crippen molar-refractivity contribution in [1.29, 1.82) is 0 Å². The molecule has 1 aromatic rings. The highest BCUT2D eigenvalue weighted by Crippen LogP contribution is 2.12. The number of thioether (sulfide) groups is 1. The van der Waals surface area contributed by atoms with Crippen LogP contribution in [0.1, 0.15) is 31.2 Å². The van der Waals surface area contributed by atoms with Crippen molar-refractivity contribution < 1.29 is 34.5 Å². The van der Waals surface area contributed by atoms with Gasteiger partial charge >= 0.3 is 5.97 Å². The van der Waals surface area contributed by atoms with Crippen molar-refractivity contribution in [1.82, 2.24) is 16.0 Å². The number of phenolic OH excluding ortho intramolecular Hbond substituents is 1. The van der Waals surface area contributed by atoms with Crippen LogP contribution in [-0.2, 0) is 25.6 Å². The van der Waals surface area contributed by atoms with E-state index in [1.807, 2.05) is 6.26 Å². The first-order valence-electron chi connectivity index (χ1n) is 11.6. The molecule has 0 fully saturated rings. The minimum absolute atomic E-state index is 0.0383. The summed E-state index contributed by atoms with van der Waals surface area (Å²) in [5.41, 5.74) is 12.1. The Labute approximate surface area is 214 Å². The molecule has 13 heteroatoms. The van der Waals surface area contributed by atoms with Crippen molar-refractivity contribution in [2.75, 3.05) is 25.2 Å². The van der Waals surface area contributed by atoms with Gasteiger partial charge in [0, 0.05) is 6.42 Å². The molecule has 0 aliphatic rings. The van der Waals surface area contributed by atoms with Crippen molar-refractivity contribution in [2.45, 2.75) is 56.3 Å². The quantitative estimate of drug-likeness (QED) is 0.112. The number of hydrogen-bond donors (Lipinski definition) is 8. The van der Waals surface area contributed by atoms with Gasteiger partial charge in [-0.15, -0.1) is 0 Å². The topological polar surface area (TPSA) is 217 Å². The molecular formula is C23H37N5O7S. The highest BCUT2D eigenvalue weighted by molar-refractivity contribution is 7.98. The Hall–Kier alpha value is -2.87. The zero-order valence-corrected chi connectivity index (χ0v) is 21.1. The number of unbranched alkanes of at least 4 members (excludes halogenated alkanes) is 1. The van der Waals surface area contributed by atoms with Gasteiger partial charge in [-0.25, -0.2) is 4.79 Å². The summed E-state index contributed by atoms with van der Waals surface area (Å²) in [7, 11) is 0. The third-order valence-electron chi connectivity index (χ3n) is 5.36. The van der Waals surface area contributed by atoms with Crippen molar-refractivity contribution in [3.8, 4) is 5.75 Å². The first kappa shape index (κ1) is 31.2. The number of aliphatic hydroxyl groups is 1. The smallest absolute Gasteiger partial charge is 0.328 e. The Morgan fingerprint density at radius 2 is 1.50 bits per heavy atom. The average molecular weight is 528 g/mol. The number of rotatable bonds is 17. The van der Waals surface area contributed by atoms with E-state index in [2.05, 4.69) is 16.0 Å². The van der Waals surface area contributed by atoms with Crippen LogP contribution in [0.4, 0.5) is 0 Å². The lowest BCUT2D eigenvalue weighted by Gasteiger charge is -2.25. The van der Waals surface area contributed by atoms with E-state index in [-0.39, 0.29) is 18.6 Å². The Bertz CT molecular complexity index is 856. The summed E-state index contributed by atoms with van der Waals surface area (Å²) in [6, 6.07) is 1.49. The molecule has 0 aliphatic heterocycles. The molecule has 12 nitrogen and oxygen atoms in total. The first-order valence-corrected chi connectivity index (χ1v) is 13.0. The van der Waals surface area contributed by atoms with Crippen LogP contribution < -0.4 is 27.4 Å². The average Bonchev–Trinajstić information content (AvgIpc) is 2.85. The minimum Gasteiger partial charge on any atom is -0.508 e. The lowest BCUT2D eigenvalue weighted by molar-refractivity contribution is -0.143. The van der Waals surface area contributed by atoms with Gasteiger partial charge in [-0.3, -0.25) is 14.4 Å². The van der Waals surface area contributed by atoms with E-state index in [0.29, 0.717) is 37.1 Å². The lowest BCUT2D eigenvalue weighted by atomic mass is 10.0. The van der Waals surface area contributed by atoms with Crippen molar-refractivity contribution in [3.05, 3.63) is 29.8 Å². The number of aromatic hydroxyl groups is 1. The Kier molecular flexibility index (Phi) is 14.5. The SMILES string of the molecule is CSCCC(N)C(=O)NC(Cc1ccc(O)cc1)C(=O)NC(CCCCN)C(=O)NC(CO)C(=O)O. The van der Waals surface area contributed by atoms with Gasteiger partial charge in [-0.1, -0.05) is 12.1 Å². The largest absolute Gasteiger partial charge is 0.508 e. The molecule has 0 aliphatic carbocycles. The molecule has 0 radical (unpaired) electrons. The zero-order chi connectivity index (χ0) is 27.1. The Morgan fingerprint density at radius 1 is 0.917 bits per heavy atom. The number of carboxylic acid groups (broad SMARTS) is 1. The number of nitrogens with two attached hydrogens (primary N) is 2. The predicted octanol–water partition coefficient (Wildman–Crippen LogP) is -1.32. The molecule has 1 rings (SSSR count). The van der Waals surface area contributed by atoms with Crippen LogP contribution in [0.25, 0.3) is 0 Å². The van der Waals surface area contributed by atoms with Crippen LogP contribution in [-0.4, -0.2) is 88.3 Å². The maximum absolute atomic E-state index is 13.2. The summed E-state index contributed by atoms with van der Waals surface area (Å²) in [5.74, 6) is -2.71. The molecule has 4 unspecified atom stereocenters. The number of amides is 3. The summed E-state index contributed by atoms with van der Waals surface area (Å²) in [6.45, 7) is -0.456. The van der Waals surface area contributed by atoms with E-state index >= 15 is 0 Å². The summed E-state index contributed by atoms with van der Waals surface area (Å²) in [6.07, 6.45) is 3.55. The Morgan fingerprint density at radius 3 is 2.06 bits per heavy atom. The van der Waals surface area contributed by atoms with E-state index in [9.17, 15) is 29.4 Å². The van der Waals surface area contributed by atoms with Crippen LogP contribution in [0.5, 0.6) is 5.75 Å². The number of carbonyl (C=O) groups excluding carboxylic acids is 3. The molecule has 0 heterocycles. The molecule has 3 amide bonds. The van der Waals surface area contributed by atoms with E-state index in [1.165, 1.54) is 23.9 Å². The van der Waals surface area contributed by atoms with E-state index in [4.69, 9.17) is 16.6 Å². The van der Waals surface area contributed by atoms with Gasteiger partial charge < -0.3 is 42.7 Å². The number of phenols is 1. The molecule has 4 atom stereocenters. The zero-order valence-electron chi connectivity index (χ0n) is 20.3. The number of aliphatic hydroxyl groups excluding tert-OH is 1. The number of aliphatic carboxylic acids is 1. The van der Waals surface area contributed by atoms with Gasteiger partial charge in [0.25, 0.3) is 0 Å². The fourth-order valence-corrected chi connectivity index (χ4v) is 3.71. The molecule has 1 aromatic carbocycles. The van der Waals surface area contributed by atoms with Crippen LogP contribution in [0, 0.1) is 0 Å². The second-order valence-electron chi connectivity index (χ2n) is 8.25. The van der Waals surface area contributed by atoms with Crippen molar-refractivity contribution in [3.63, 3.8) is 0 Å². The monoisotopic (exact) mass is 527 g/mol. The van der Waals surface area contributed by atoms with Crippen LogP contribution in [0.3, 0.4) is 0 Å². The summed E-state index contributed by atoms with van der Waals surface area (Å²) in [5, 5.41) is 35.3. The molecular weight excluding hydrogens is 490 g/mol. The fraction of sp³-hybridized carbons (Fsp3) is 0.565. The number of carboxylic acids is 1. The van der Waals surface area contributed by atoms with Gasteiger partial charge in [-0.2, -0.15) is 11.8 Å². The van der Waals surface area contributed by atoms with Crippen LogP contribution in [0.2, 0.25) is 0 Å². The third-order valence-corrected chi connectivity index (χ3v) is 6.00. The van der Waals surface area contributed by atoms with Crippen LogP contribution in [0.15, 0.2) is 24.3 Å². The highest BCUT2D eigenvalue weighted by Gasteiger charge is 2.30.